The Hall–Kier alpha value is -1.13. The highest BCUT2D eigenvalue weighted by molar-refractivity contribution is 5.34. The Kier molecular flexibility index (Phi) is 4.55. The molecule has 100 valence electrons. The maximum atomic E-state index is 13.1. The van der Waals surface area contributed by atoms with E-state index in [4.69, 9.17) is 4.74 Å². The summed E-state index contributed by atoms with van der Waals surface area (Å²) in [7, 11) is 0. The topological polar surface area (TPSA) is 41.5 Å². The molecule has 0 saturated carbocycles. The van der Waals surface area contributed by atoms with E-state index in [0.29, 0.717) is 5.56 Å². The molecular weight excluding hydrogens is 233 g/mol. The van der Waals surface area contributed by atoms with Gasteiger partial charge in [-0.25, -0.2) is 4.39 Å². The third kappa shape index (κ3) is 3.43. The Morgan fingerprint density at radius 3 is 3.06 bits per heavy atom. The fourth-order valence-corrected chi connectivity index (χ4v) is 2.26. The van der Waals surface area contributed by atoms with Crippen molar-refractivity contribution in [2.45, 2.75) is 38.3 Å². The molecule has 0 amide bonds. The van der Waals surface area contributed by atoms with Crippen molar-refractivity contribution < 1.29 is 14.2 Å². The minimum absolute atomic E-state index is 0.0915. The Morgan fingerprint density at radius 1 is 1.50 bits per heavy atom. The van der Waals surface area contributed by atoms with E-state index >= 15 is 0 Å². The molecule has 0 aliphatic carbocycles. The molecule has 1 aromatic rings. The number of hydrogen-bond acceptors (Lipinski definition) is 3. The number of nitrogens with one attached hydrogen (secondary N) is 1. The van der Waals surface area contributed by atoms with Crippen molar-refractivity contribution in [1.82, 2.24) is 5.32 Å². The molecule has 2 rings (SSSR count). The molecule has 2 unspecified atom stereocenters. The Morgan fingerprint density at radius 2 is 2.33 bits per heavy atom. The van der Waals surface area contributed by atoms with Gasteiger partial charge in [0.2, 0.25) is 0 Å². The van der Waals surface area contributed by atoms with Crippen molar-refractivity contribution in [3.8, 4) is 5.75 Å². The van der Waals surface area contributed by atoms with Crippen molar-refractivity contribution in [1.29, 1.82) is 0 Å². The van der Waals surface area contributed by atoms with Crippen molar-refractivity contribution in [2.75, 3.05) is 13.2 Å². The highest BCUT2D eigenvalue weighted by Crippen LogP contribution is 2.25. The second-order valence-electron chi connectivity index (χ2n) is 4.82. The second kappa shape index (κ2) is 6.16. The molecule has 1 aliphatic rings. The normalized spacial score (nSPS) is 21.8. The summed E-state index contributed by atoms with van der Waals surface area (Å²) < 4.78 is 18.8. The van der Waals surface area contributed by atoms with Gasteiger partial charge < -0.3 is 15.2 Å². The quantitative estimate of drug-likeness (QED) is 0.867. The minimum atomic E-state index is -0.328. The molecule has 2 atom stereocenters. The maximum absolute atomic E-state index is 13.1. The predicted molar refractivity (Wildman–Crippen MR) is 68.1 cm³/mol. The van der Waals surface area contributed by atoms with Crippen LogP contribution in [0.2, 0.25) is 0 Å². The fourth-order valence-electron chi connectivity index (χ4n) is 2.26. The first kappa shape index (κ1) is 13.3. The number of ether oxygens (including phenoxy) is 1. The SMILES string of the molecule is CC(NCC1CCCCO1)c1cc(F)ccc1O. The van der Waals surface area contributed by atoms with Gasteiger partial charge in [0.15, 0.2) is 0 Å². The van der Waals surface area contributed by atoms with Crippen LogP contribution in [0.15, 0.2) is 18.2 Å². The van der Waals surface area contributed by atoms with Crippen LogP contribution < -0.4 is 5.32 Å². The lowest BCUT2D eigenvalue weighted by Gasteiger charge is -2.25. The number of halogens is 1. The van der Waals surface area contributed by atoms with Crippen LogP contribution in [0.4, 0.5) is 4.39 Å². The smallest absolute Gasteiger partial charge is 0.123 e. The first-order valence-electron chi connectivity index (χ1n) is 6.50. The Balaban J connectivity index is 1.90. The zero-order valence-corrected chi connectivity index (χ0v) is 10.7. The summed E-state index contributed by atoms with van der Waals surface area (Å²) in [5, 5.41) is 13.0. The molecule has 0 bridgehead atoms. The van der Waals surface area contributed by atoms with Gasteiger partial charge in [-0.15, -0.1) is 0 Å². The van der Waals surface area contributed by atoms with Crippen LogP contribution in [0, 0.1) is 5.82 Å². The van der Waals surface area contributed by atoms with E-state index < -0.39 is 0 Å². The fraction of sp³-hybridized carbons (Fsp3) is 0.571. The first-order valence-corrected chi connectivity index (χ1v) is 6.50. The number of rotatable bonds is 4. The Labute approximate surface area is 107 Å². The van der Waals surface area contributed by atoms with Crippen LogP contribution >= 0.6 is 0 Å². The molecule has 1 heterocycles. The van der Waals surface area contributed by atoms with Gasteiger partial charge in [0.1, 0.15) is 11.6 Å². The van der Waals surface area contributed by atoms with Crippen LogP contribution in [0.5, 0.6) is 5.75 Å². The van der Waals surface area contributed by atoms with Gasteiger partial charge in [-0.2, -0.15) is 0 Å². The molecule has 0 spiro atoms. The van der Waals surface area contributed by atoms with Gasteiger partial charge in [-0.05, 0) is 44.4 Å². The van der Waals surface area contributed by atoms with Gasteiger partial charge in [-0.1, -0.05) is 0 Å². The molecule has 18 heavy (non-hydrogen) atoms. The van der Waals surface area contributed by atoms with Crippen LogP contribution in [0.3, 0.4) is 0 Å². The van der Waals surface area contributed by atoms with Gasteiger partial charge in [0, 0.05) is 24.8 Å². The molecule has 4 heteroatoms. The van der Waals surface area contributed by atoms with Gasteiger partial charge in [-0.3, -0.25) is 0 Å². The monoisotopic (exact) mass is 253 g/mol. The van der Waals surface area contributed by atoms with Gasteiger partial charge >= 0.3 is 0 Å². The van der Waals surface area contributed by atoms with E-state index in [1.165, 1.54) is 24.6 Å². The number of phenols is 1. The summed E-state index contributed by atoms with van der Waals surface area (Å²) in [5.41, 5.74) is 0.589. The lowest BCUT2D eigenvalue weighted by Crippen LogP contribution is -2.33. The number of phenolic OH excluding ortho intramolecular Hbond substituents is 1. The molecule has 1 fully saturated rings. The summed E-state index contributed by atoms with van der Waals surface area (Å²) in [6.45, 7) is 3.47. The maximum Gasteiger partial charge on any atom is 0.123 e. The molecule has 0 aromatic heterocycles. The van der Waals surface area contributed by atoms with Crippen LogP contribution in [0.25, 0.3) is 0 Å². The van der Waals surface area contributed by atoms with E-state index in [0.717, 1.165) is 26.0 Å². The highest BCUT2D eigenvalue weighted by Gasteiger charge is 2.16. The second-order valence-corrected chi connectivity index (χ2v) is 4.82. The van der Waals surface area contributed by atoms with Crippen LogP contribution in [-0.2, 0) is 4.74 Å². The zero-order valence-electron chi connectivity index (χ0n) is 10.7. The molecule has 1 aromatic carbocycles. The molecule has 1 saturated heterocycles. The summed E-state index contributed by atoms with van der Waals surface area (Å²) in [4.78, 5) is 0. The molecular formula is C14H20FNO2. The lowest BCUT2D eigenvalue weighted by molar-refractivity contribution is 0.0156. The van der Waals surface area contributed by atoms with Crippen molar-refractivity contribution in [2.24, 2.45) is 0 Å². The lowest BCUT2D eigenvalue weighted by atomic mass is 10.1. The van der Waals surface area contributed by atoms with Crippen molar-refractivity contribution in [3.05, 3.63) is 29.6 Å². The summed E-state index contributed by atoms with van der Waals surface area (Å²) in [5.74, 6) is -0.202. The van der Waals surface area contributed by atoms with E-state index in [9.17, 15) is 9.50 Å². The number of hydrogen-bond donors (Lipinski definition) is 2. The average Bonchev–Trinajstić information content (AvgIpc) is 2.40. The number of benzene rings is 1. The predicted octanol–water partition coefficient (Wildman–Crippen LogP) is 2.75. The van der Waals surface area contributed by atoms with E-state index in [-0.39, 0.29) is 23.7 Å². The third-order valence-corrected chi connectivity index (χ3v) is 3.38. The van der Waals surface area contributed by atoms with Crippen LogP contribution in [0.1, 0.15) is 37.8 Å². The van der Waals surface area contributed by atoms with Crippen molar-refractivity contribution >= 4 is 0 Å². The van der Waals surface area contributed by atoms with E-state index in [1.807, 2.05) is 6.92 Å². The standard InChI is InChI=1S/C14H20FNO2/c1-10(13-8-11(15)5-6-14(13)17)16-9-12-4-2-3-7-18-12/h5-6,8,10,12,16-17H,2-4,7,9H2,1H3. The molecule has 3 nitrogen and oxygen atoms in total. The van der Waals surface area contributed by atoms with E-state index in [2.05, 4.69) is 5.32 Å². The molecule has 2 N–H and O–H groups in total. The third-order valence-electron chi connectivity index (χ3n) is 3.38. The molecule has 1 aliphatic heterocycles. The van der Waals surface area contributed by atoms with Crippen LogP contribution in [-0.4, -0.2) is 24.4 Å². The summed E-state index contributed by atoms with van der Waals surface area (Å²) in [6, 6.07) is 3.93. The summed E-state index contributed by atoms with van der Waals surface area (Å²) >= 11 is 0. The minimum Gasteiger partial charge on any atom is -0.508 e. The average molecular weight is 253 g/mol. The Bertz CT molecular complexity index is 391. The van der Waals surface area contributed by atoms with Gasteiger partial charge in [0.25, 0.3) is 0 Å². The highest BCUT2D eigenvalue weighted by atomic mass is 19.1. The van der Waals surface area contributed by atoms with E-state index in [1.54, 1.807) is 0 Å². The largest absolute Gasteiger partial charge is 0.508 e. The summed E-state index contributed by atoms with van der Waals surface area (Å²) in [6.07, 6.45) is 3.63. The first-order chi connectivity index (χ1) is 8.66. The zero-order chi connectivity index (χ0) is 13.0. The van der Waals surface area contributed by atoms with Gasteiger partial charge in [0.05, 0.1) is 6.10 Å². The molecule has 0 radical (unpaired) electrons. The van der Waals surface area contributed by atoms with Crippen molar-refractivity contribution in [3.63, 3.8) is 0 Å². The number of aromatic hydroxyl groups is 1.